The Labute approximate surface area is 207 Å². The lowest BCUT2D eigenvalue weighted by molar-refractivity contribution is -0.139. The highest BCUT2D eigenvalue weighted by molar-refractivity contribution is 7.98. The normalized spacial score (nSPS) is 15.2. The highest BCUT2D eigenvalue weighted by Crippen LogP contribution is 2.37. The Morgan fingerprint density at radius 2 is 1.88 bits per heavy atom. The van der Waals surface area contributed by atoms with Gasteiger partial charge in [-0.1, -0.05) is 78.0 Å². The van der Waals surface area contributed by atoms with E-state index in [-0.39, 0.29) is 5.97 Å². The third-order valence-electron chi connectivity index (χ3n) is 5.70. The molecule has 34 heavy (non-hydrogen) atoms. The molecule has 4 aromatic rings. The molecule has 1 atom stereocenters. The van der Waals surface area contributed by atoms with Gasteiger partial charge < -0.3 is 10.1 Å². The monoisotopic (exact) mass is 490 g/mol. The zero-order chi connectivity index (χ0) is 23.7. The van der Waals surface area contributed by atoms with Crippen molar-refractivity contribution in [3.05, 3.63) is 94.1 Å². The van der Waals surface area contributed by atoms with E-state index in [1.165, 1.54) is 16.3 Å². The summed E-state index contributed by atoms with van der Waals surface area (Å²) in [5, 5.41) is 11.7. The lowest BCUT2D eigenvalue weighted by Gasteiger charge is -2.28. The quantitative estimate of drug-likeness (QED) is 0.255. The molecule has 1 aliphatic heterocycles. The molecule has 0 saturated carbocycles. The number of nitrogens with one attached hydrogen (secondary N) is 1. The molecule has 2 heterocycles. The van der Waals surface area contributed by atoms with Crippen LogP contribution in [0.4, 0.5) is 5.95 Å². The molecular weight excluding hydrogens is 468 g/mol. The molecule has 0 unspecified atom stereocenters. The Hall–Kier alpha value is -3.29. The lowest BCUT2D eigenvalue weighted by atomic mass is 9.96. The molecule has 0 bridgehead atoms. The van der Waals surface area contributed by atoms with Gasteiger partial charge in [-0.15, -0.1) is 5.10 Å². The molecule has 5 rings (SSSR count). The topological polar surface area (TPSA) is 69.0 Å². The van der Waals surface area contributed by atoms with E-state index in [1.54, 1.807) is 23.4 Å². The van der Waals surface area contributed by atoms with Crippen molar-refractivity contribution in [3.63, 3.8) is 0 Å². The van der Waals surface area contributed by atoms with E-state index in [9.17, 15) is 4.79 Å². The third-order valence-corrected chi connectivity index (χ3v) is 6.86. The maximum absolute atomic E-state index is 12.9. The van der Waals surface area contributed by atoms with Crippen LogP contribution in [0.25, 0.3) is 10.8 Å². The molecule has 8 heteroatoms. The summed E-state index contributed by atoms with van der Waals surface area (Å²) < 4.78 is 7.12. The average molecular weight is 491 g/mol. The SMILES string of the molecule is CCOC(=O)C1=C(C)Nc2nc(SCc3ccc4ccccc4c3)nn2[C@H]1c1ccc(Cl)cc1. The number of carbonyl (C=O) groups excluding carboxylic acids is 1. The predicted molar refractivity (Wildman–Crippen MR) is 136 cm³/mol. The van der Waals surface area contributed by atoms with Gasteiger partial charge in [-0.25, -0.2) is 9.48 Å². The van der Waals surface area contributed by atoms with Gasteiger partial charge in [-0.05, 0) is 47.9 Å². The first-order valence-electron chi connectivity index (χ1n) is 11.0. The van der Waals surface area contributed by atoms with Crippen LogP contribution in [0.3, 0.4) is 0 Å². The Kier molecular flexibility index (Phi) is 6.30. The van der Waals surface area contributed by atoms with Gasteiger partial charge in [-0.3, -0.25) is 0 Å². The van der Waals surface area contributed by atoms with Crippen molar-refractivity contribution in [1.29, 1.82) is 0 Å². The lowest BCUT2D eigenvalue weighted by Crippen LogP contribution is -2.29. The molecule has 0 amide bonds. The van der Waals surface area contributed by atoms with Crippen LogP contribution in [0.5, 0.6) is 0 Å². The molecule has 0 aliphatic carbocycles. The fraction of sp³-hybridized carbons (Fsp3) is 0.192. The number of thioether (sulfide) groups is 1. The molecule has 172 valence electrons. The van der Waals surface area contributed by atoms with E-state index in [4.69, 9.17) is 26.4 Å². The molecule has 3 aromatic carbocycles. The fourth-order valence-corrected chi connectivity index (χ4v) is 4.99. The number of allylic oxidation sites excluding steroid dienone is 1. The van der Waals surface area contributed by atoms with Gasteiger partial charge >= 0.3 is 5.97 Å². The minimum absolute atomic E-state index is 0.292. The summed E-state index contributed by atoms with van der Waals surface area (Å²) in [7, 11) is 0. The van der Waals surface area contributed by atoms with Gasteiger partial charge in [0, 0.05) is 16.5 Å². The number of esters is 1. The Morgan fingerprint density at radius 3 is 2.65 bits per heavy atom. The van der Waals surface area contributed by atoms with Gasteiger partial charge in [-0.2, -0.15) is 4.98 Å². The molecule has 6 nitrogen and oxygen atoms in total. The number of fused-ring (bicyclic) bond motifs is 2. The molecule has 0 radical (unpaired) electrons. The highest BCUT2D eigenvalue weighted by Gasteiger charge is 2.35. The van der Waals surface area contributed by atoms with Crippen LogP contribution in [0.15, 0.2) is 83.2 Å². The van der Waals surface area contributed by atoms with Crippen LogP contribution in [-0.2, 0) is 15.3 Å². The van der Waals surface area contributed by atoms with Crippen molar-refractivity contribution in [3.8, 4) is 0 Å². The summed E-state index contributed by atoms with van der Waals surface area (Å²) in [6, 6.07) is 21.7. The maximum atomic E-state index is 12.9. The number of aromatic nitrogens is 3. The van der Waals surface area contributed by atoms with Crippen molar-refractivity contribution in [2.75, 3.05) is 11.9 Å². The van der Waals surface area contributed by atoms with E-state index in [1.807, 2.05) is 43.3 Å². The van der Waals surface area contributed by atoms with E-state index < -0.39 is 6.04 Å². The van der Waals surface area contributed by atoms with Gasteiger partial charge in [0.25, 0.3) is 0 Å². The standard InChI is InChI=1S/C26H23ClN4O2S/c1-3-33-24(32)22-16(2)28-25-29-26(30-31(25)23(22)19-10-12-21(27)13-11-19)34-15-17-8-9-18-6-4-5-7-20(18)14-17/h4-14,23H,3,15H2,1-2H3,(H,28,29,30)/t23-/m0/s1. The van der Waals surface area contributed by atoms with E-state index in [0.29, 0.717) is 34.0 Å². The summed E-state index contributed by atoms with van der Waals surface area (Å²) in [5.74, 6) is 0.947. The van der Waals surface area contributed by atoms with Gasteiger partial charge in [0.2, 0.25) is 11.1 Å². The van der Waals surface area contributed by atoms with Crippen molar-refractivity contribution in [2.24, 2.45) is 0 Å². The number of nitrogens with zero attached hydrogens (tertiary/aromatic N) is 3. The van der Waals surface area contributed by atoms with Crippen LogP contribution >= 0.6 is 23.4 Å². The van der Waals surface area contributed by atoms with Crippen LogP contribution in [0.2, 0.25) is 5.02 Å². The van der Waals surface area contributed by atoms with Crippen LogP contribution in [-0.4, -0.2) is 27.3 Å². The molecule has 0 spiro atoms. The number of carbonyl (C=O) groups is 1. The molecule has 0 fully saturated rings. The second-order valence-electron chi connectivity index (χ2n) is 7.97. The maximum Gasteiger partial charge on any atom is 0.338 e. The van der Waals surface area contributed by atoms with Crippen molar-refractivity contribution in [1.82, 2.24) is 14.8 Å². The van der Waals surface area contributed by atoms with Gasteiger partial charge in [0.1, 0.15) is 6.04 Å². The molecular formula is C26H23ClN4O2S. The van der Waals surface area contributed by atoms with Crippen molar-refractivity contribution >= 4 is 46.1 Å². The summed E-state index contributed by atoms with van der Waals surface area (Å²) in [5.41, 5.74) is 3.28. The average Bonchev–Trinajstić information content (AvgIpc) is 3.25. The zero-order valence-corrected chi connectivity index (χ0v) is 20.4. The fourth-order valence-electron chi connectivity index (χ4n) is 4.10. The van der Waals surface area contributed by atoms with Crippen LogP contribution < -0.4 is 5.32 Å². The van der Waals surface area contributed by atoms with E-state index in [2.05, 4.69) is 35.6 Å². The van der Waals surface area contributed by atoms with E-state index in [0.717, 1.165) is 11.3 Å². The number of rotatable bonds is 6. The number of benzene rings is 3. The van der Waals surface area contributed by atoms with Crippen molar-refractivity contribution < 1.29 is 9.53 Å². The summed E-state index contributed by atoms with van der Waals surface area (Å²) in [4.78, 5) is 17.6. The molecule has 1 aliphatic rings. The second-order valence-corrected chi connectivity index (χ2v) is 9.35. The number of halogens is 1. The van der Waals surface area contributed by atoms with Crippen molar-refractivity contribution in [2.45, 2.75) is 30.8 Å². The first-order chi connectivity index (χ1) is 16.5. The molecule has 1 N–H and O–H groups in total. The predicted octanol–water partition coefficient (Wildman–Crippen LogP) is 6.23. The Balaban J connectivity index is 1.46. The minimum atomic E-state index is -0.463. The van der Waals surface area contributed by atoms with Gasteiger partial charge in [0.15, 0.2) is 0 Å². The largest absolute Gasteiger partial charge is 0.463 e. The highest BCUT2D eigenvalue weighted by atomic mass is 35.5. The Bertz CT molecular complexity index is 1400. The van der Waals surface area contributed by atoms with Gasteiger partial charge in [0.05, 0.1) is 12.2 Å². The van der Waals surface area contributed by atoms with Crippen LogP contribution in [0.1, 0.15) is 31.0 Å². The molecule has 0 saturated heterocycles. The first-order valence-corrected chi connectivity index (χ1v) is 12.4. The molecule has 1 aromatic heterocycles. The summed E-state index contributed by atoms with van der Waals surface area (Å²) in [6.45, 7) is 3.94. The number of hydrogen-bond donors (Lipinski definition) is 1. The number of ether oxygens (including phenoxy) is 1. The summed E-state index contributed by atoms with van der Waals surface area (Å²) >= 11 is 7.67. The minimum Gasteiger partial charge on any atom is -0.463 e. The van der Waals surface area contributed by atoms with Crippen LogP contribution in [0, 0.1) is 0 Å². The second kappa shape index (κ2) is 9.52. The smallest absolute Gasteiger partial charge is 0.338 e. The zero-order valence-electron chi connectivity index (χ0n) is 18.8. The third kappa shape index (κ3) is 4.41. The number of hydrogen-bond acceptors (Lipinski definition) is 6. The Morgan fingerprint density at radius 1 is 1.12 bits per heavy atom. The number of anilines is 1. The first kappa shape index (κ1) is 22.5. The summed E-state index contributed by atoms with van der Waals surface area (Å²) in [6.07, 6.45) is 0. The van der Waals surface area contributed by atoms with E-state index >= 15 is 0 Å².